The van der Waals surface area contributed by atoms with Crippen molar-refractivity contribution in [3.63, 3.8) is 0 Å². The summed E-state index contributed by atoms with van der Waals surface area (Å²) in [5.74, 6) is 3.21. The third kappa shape index (κ3) is 3.17. The molecule has 1 nitrogen and oxygen atoms in total. The first-order valence-corrected chi connectivity index (χ1v) is 11.0. The summed E-state index contributed by atoms with van der Waals surface area (Å²) in [6, 6.07) is 21.8. The Balaban J connectivity index is 2.03. The zero-order valence-corrected chi connectivity index (χ0v) is 15.4. The molecule has 0 aliphatic rings. The van der Waals surface area contributed by atoms with E-state index in [1.54, 1.807) is 7.11 Å². The average Bonchev–Trinajstić information content (AvgIpc) is 2.55. The number of benzene rings is 3. The van der Waals surface area contributed by atoms with E-state index in [1.165, 1.54) is 24.2 Å². The summed E-state index contributed by atoms with van der Waals surface area (Å²) >= 11 is 0.846. The van der Waals surface area contributed by atoms with Crippen molar-refractivity contribution in [2.24, 2.45) is 0 Å². The van der Waals surface area contributed by atoms with Gasteiger partial charge in [-0.1, -0.05) is 0 Å². The van der Waals surface area contributed by atoms with Gasteiger partial charge in [-0.3, -0.25) is 0 Å². The van der Waals surface area contributed by atoms with Gasteiger partial charge >= 0.3 is 138 Å². The van der Waals surface area contributed by atoms with Crippen LogP contribution in [0.2, 0.25) is 5.82 Å². The number of rotatable bonds is 4. The minimum absolute atomic E-state index is 0.327. The average molecular weight is 406 g/mol. The topological polar surface area (TPSA) is 9.23 Å². The van der Waals surface area contributed by atoms with Gasteiger partial charge in [0.1, 0.15) is 0 Å². The Morgan fingerprint density at radius 1 is 0.810 bits per heavy atom. The van der Waals surface area contributed by atoms with Crippen LogP contribution in [0.3, 0.4) is 0 Å². The Bertz CT molecular complexity index is 746. The monoisotopic (exact) mass is 408 g/mol. The minimum atomic E-state index is 0.327. The molecule has 0 aromatic heterocycles. The van der Waals surface area contributed by atoms with E-state index in [2.05, 4.69) is 54.4 Å². The Labute approximate surface area is 138 Å². The zero-order chi connectivity index (χ0) is 14.7. The van der Waals surface area contributed by atoms with Crippen LogP contribution >= 0.6 is 0 Å². The van der Waals surface area contributed by atoms with E-state index in [-0.39, 0.29) is 0 Å². The van der Waals surface area contributed by atoms with Gasteiger partial charge in [0.25, 0.3) is 0 Å². The number of fused-ring (bicyclic) bond motifs is 1. The first-order chi connectivity index (χ1) is 10.3. The molecule has 0 heterocycles. The summed E-state index contributed by atoms with van der Waals surface area (Å²) in [5, 5.41) is 2.84. The quantitative estimate of drug-likeness (QED) is 0.602. The maximum atomic E-state index is 5.24. The first-order valence-electron chi connectivity index (χ1n) is 6.69. The molecule has 0 bridgehead atoms. The molecule has 21 heavy (non-hydrogen) atoms. The van der Waals surface area contributed by atoms with Crippen LogP contribution in [0.1, 0.15) is 0 Å². The van der Waals surface area contributed by atoms with Gasteiger partial charge in [-0.05, 0) is 0 Å². The molecule has 0 saturated carbocycles. The molecule has 3 aromatic carbocycles. The number of hydrogen-bond donors (Lipinski definition) is 0. The van der Waals surface area contributed by atoms with Gasteiger partial charge in [-0.2, -0.15) is 0 Å². The molecule has 3 rings (SSSR count). The van der Waals surface area contributed by atoms with Gasteiger partial charge in [0.2, 0.25) is 0 Å². The van der Waals surface area contributed by atoms with Crippen molar-refractivity contribution in [3.05, 3.63) is 60.7 Å². The standard InChI is InChI=1S/C18H16OSe2/c1-19-14-9-11-15(12-10-14)21-17-8-4-6-13-5-3-7-16(20-2)18(13)17/h3-12H,1-2H3. The predicted octanol–water partition coefficient (Wildman–Crippen LogP) is 1.88. The second-order valence-corrected chi connectivity index (χ2v) is 8.71. The van der Waals surface area contributed by atoms with Crippen molar-refractivity contribution < 1.29 is 4.74 Å². The summed E-state index contributed by atoms with van der Waals surface area (Å²) in [4.78, 5) is 0. The van der Waals surface area contributed by atoms with E-state index in [0.29, 0.717) is 29.9 Å². The van der Waals surface area contributed by atoms with Crippen LogP contribution in [0, 0.1) is 0 Å². The second-order valence-electron chi connectivity index (χ2n) is 4.59. The van der Waals surface area contributed by atoms with Crippen molar-refractivity contribution in [3.8, 4) is 5.75 Å². The van der Waals surface area contributed by atoms with E-state index in [4.69, 9.17) is 4.74 Å². The fraction of sp³-hybridized carbons (Fsp3) is 0.111. The fourth-order valence-electron chi connectivity index (χ4n) is 2.30. The van der Waals surface area contributed by atoms with Gasteiger partial charge in [0.15, 0.2) is 0 Å². The summed E-state index contributed by atoms with van der Waals surface area (Å²) < 4.78 is 9.60. The molecule has 106 valence electrons. The third-order valence-electron chi connectivity index (χ3n) is 3.34. The van der Waals surface area contributed by atoms with Crippen LogP contribution in [-0.2, 0) is 0 Å². The molecule has 0 fully saturated rings. The molecule has 0 N–H and O–H groups in total. The molecule has 0 aliphatic heterocycles. The molecule has 0 unspecified atom stereocenters. The van der Waals surface area contributed by atoms with Gasteiger partial charge in [0, 0.05) is 0 Å². The second kappa shape index (κ2) is 6.68. The van der Waals surface area contributed by atoms with E-state index in [0.717, 1.165) is 5.75 Å². The van der Waals surface area contributed by atoms with Crippen LogP contribution in [0.25, 0.3) is 10.8 Å². The van der Waals surface area contributed by atoms with Gasteiger partial charge in [0.05, 0.1) is 0 Å². The summed E-state index contributed by atoms with van der Waals surface area (Å²) in [7, 11) is 1.71. The van der Waals surface area contributed by atoms with Crippen molar-refractivity contribution in [1.82, 2.24) is 0 Å². The van der Waals surface area contributed by atoms with Crippen LogP contribution in [0.15, 0.2) is 60.7 Å². The van der Waals surface area contributed by atoms with Gasteiger partial charge in [-0.15, -0.1) is 0 Å². The van der Waals surface area contributed by atoms with E-state index in [9.17, 15) is 0 Å². The summed E-state index contributed by atoms with van der Waals surface area (Å²) in [6.07, 6.45) is 0. The van der Waals surface area contributed by atoms with Crippen LogP contribution in [0.4, 0.5) is 0 Å². The maximum absolute atomic E-state index is 5.24. The van der Waals surface area contributed by atoms with Gasteiger partial charge < -0.3 is 0 Å². The van der Waals surface area contributed by atoms with E-state index < -0.39 is 0 Å². The third-order valence-corrected chi connectivity index (χ3v) is 7.21. The molecule has 0 radical (unpaired) electrons. The Kier molecular flexibility index (Phi) is 4.67. The van der Waals surface area contributed by atoms with Crippen LogP contribution in [0.5, 0.6) is 5.75 Å². The molecular formula is C18H16OSe2. The molecule has 3 aromatic rings. The molecular weight excluding hydrogens is 390 g/mol. The number of ether oxygens (including phenoxy) is 1. The number of hydrogen-bond acceptors (Lipinski definition) is 1. The first kappa shape index (κ1) is 14.7. The number of methoxy groups -OCH3 is 1. The Morgan fingerprint density at radius 2 is 1.48 bits per heavy atom. The van der Waals surface area contributed by atoms with Crippen molar-refractivity contribution in [2.75, 3.05) is 7.11 Å². The molecule has 0 spiro atoms. The Morgan fingerprint density at radius 3 is 2.10 bits per heavy atom. The van der Waals surface area contributed by atoms with Crippen LogP contribution < -0.4 is 18.1 Å². The van der Waals surface area contributed by atoms with E-state index in [1.807, 2.05) is 12.1 Å². The van der Waals surface area contributed by atoms with Crippen molar-refractivity contribution in [1.29, 1.82) is 0 Å². The molecule has 0 atom stereocenters. The van der Waals surface area contributed by atoms with Crippen LogP contribution in [-0.4, -0.2) is 37.0 Å². The predicted molar refractivity (Wildman–Crippen MR) is 93.2 cm³/mol. The molecule has 0 amide bonds. The molecule has 3 heteroatoms. The fourth-order valence-corrected chi connectivity index (χ4v) is 6.09. The Hall–Kier alpha value is -1.24. The van der Waals surface area contributed by atoms with E-state index >= 15 is 0 Å². The molecule has 0 aliphatic carbocycles. The molecule has 0 saturated heterocycles. The van der Waals surface area contributed by atoms with Gasteiger partial charge in [-0.25, -0.2) is 0 Å². The normalized spacial score (nSPS) is 10.8. The summed E-state index contributed by atoms with van der Waals surface area (Å²) in [5.41, 5.74) is 0. The van der Waals surface area contributed by atoms with Crippen molar-refractivity contribution >= 4 is 54.1 Å². The van der Waals surface area contributed by atoms with Crippen molar-refractivity contribution in [2.45, 2.75) is 5.82 Å². The SMILES string of the molecule is COc1ccc([Se]c2cccc3cccc([Se]C)c23)cc1. The zero-order valence-electron chi connectivity index (χ0n) is 12.0. The summed E-state index contributed by atoms with van der Waals surface area (Å²) in [6.45, 7) is 0.